The predicted octanol–water partition coefficient (Wildman–Crippen LogP) is 0.461. The fourth-order valence-corrected chi connectivity index (χ4v) is 0.749. The van der Waals surface area contributed by atoms with Crippen LogP contribution in [0.4, 0.5) is 5.69 Å². The molecular weight excluding hydrogens is 180 g/mol. The summed E-state index contributed by atoms with van der Waals surface area (Å²) in [5.41, 5.74) is 5.26. The van der Waals surface area contributed by atoms with Gasteiger partial charge in [-0.15, -0.1) is 0 Å². The van der Waals surface area contributed by atoms with Crippen molar-refractivity contribution in [2.75, 3.05) is 5.32 Å². The molecule has 0 spiro atoms. The molecule has 0 saturated heterocycles. The molecule has 1 amide bonds. The third-order valence-corrected chi connectivity index (χ3v) is 1.62. The summed E-state index contributed by atoms with van der Waals surface area (Å²) in [5, 5.41) is 2.62. The van der Waals surface area contributed by atoms with Crippen LogP contribution in [0.1, 0.15) is 19.7 Å². The number of amides is 1. The largest absolute Gasteiger partial charge is 0.322 e. The zero-order valence-corrected chi connectivity index (χ0v) is 8.53. The van der Waals surface area contributed by atoms with E-state index in [2.05, 4.69) is 15.3 Å². The molecule has 3 N–H and O–H groups in total. The molecule has 5 nitrogen and oxygen atoms in total. The normalized spacial score (nSPS) is 11.1. The van der Waals surface area contributed by atoms with E-state index in [0.29, 0.717) is 11.5 Å². The van der Waals surface area contributed by atoms with E-state index in [0.717, 1.165) is 0 Å². The van der Waals surface area contributed by atoms with Crippen LogP contribution in [0.5, 0.6) is 0 Å². The summed E-state index contributed by atoms with van der Waals surface area (Å²) in [6.07, 6.45) is 3.10. The van der Waals surface area contributed by atoms with Gasteiger partial charge in [-0.25, -0.2) is 9.97 Å². The van der Waals surface area contributed by atoms with Crippen molar-refractivity contribution in [2.45, 2.75) is 26.3 Å². The monoisotopic (exact) mass is 194 g/mol. The number of nitrogens with one attached hydrogen (secondary N) is 1. The fraction of sp³-hybridized carbons (Fsp3) is 0.444. The molecular formula is C9H14N4O. The van der Waals surface area contributed by atoms with E-state index in [1.165, 1.54) is 0 Å². The van der Waals surface area contributed by atoms with Gasteiger partial charge in [-0.1, -0.05) is 0 Å². The number of hydrogen-bond donors (Lipinski definition) is 2. The minimum atomic E-state index is -0.898. The molecule has 0 aliphatic heterocycles. The first-order valence-corrected chi connectivity index (χ1v) is 4.28. The van der Waals surface area contributed by atoms with Crippen molar-refractivity contribution < 1.29 is 4.79 Å². The molecule has 1 aromatic heterocycles. The number of hydrogen-bond acceptors (Lipinski definition) is 4. The second kappa shape index (κ2) is 3.71. The second-order valence-electron chi connectivity index (χ2n) is 3.69. The Balaban J connectivity index is 2.71. The number of nitrogens with zero attached hydrogens (tertiary/aromatic N) is 2. The zero-order chi connectivity index (χ0) is 10.8. The summed E-state index contributed by atoms with van der Waals surface area (Å²) < 4.78 is 0. The number of aryl methyl sites for hydroxylation is 1. The maximum absolute atomic E-state index is 11.4. The molecule has 1 rings (SSSR count). The predicted molar refractivity (Wildman–Crippen MR) is 53.7 cm³/mol. The summed E-state index contributed by atoms with van der Waals surface area (Å²) in [4.78, 5) is 19.3. The van der Waals surface area contributed by atoms with Gasteiger partial charge in [0, 0.05) is 0 Å². The lowest BCUT2D eigenvalue weighted by molar-refractivity contribution is -0.120. The van der Waals surface area contributed by atoms with Gasteiger partial charge in [0.05, 0.1) is 23.6 Å². The Morgan fingerprint density at radius 3 is 2.36 bits per heavy atom. The second-order valence-corrected chi connectivity index (χ2v) is 3.69. The molecule has 1 heterocycles. The number of nitrogens with two attached hydrogens (primary N) is 1. The number of carbonyl (C=O) groups excluding carboxylic acids is 1. The molecule has 0 aliphatic carbocycles. The van der Waals surface area contributed by atoms with Crippen molar-refractivity contribution in [1.29, 1.82) is 0 Å². The maximum Gasteiger partial charge on any atom is 0.243 e. The highest BCUT2D eigenvalue weighted by Gasteiger charge is 2.21. The Kier molecular flexibility index (Phi) is 2.81. The van der Waals surface area contributed by atoms with Crippen LogP contribution < -0.4 is 11.1 Å². The fourth-order valence-electron chi connectivity index (χ4n) is 0.749. The van der Waals surface area contributed by atoms with E-state index < -0.39 is 5.54 Å². The molecule has 1 aromatic rings. The molecule has 0 radical (unpaired) electrons. The summed E-state index contributed by atoms with van der Waals surface area (Å²) >= 11 is 0. The lowest BCUT2D eigenvalue weighted by Crippen LogP contribution is -2.45. The minimum Gasteiger partial charge on any atom is -0.322 e. The Morgan fingerprint density at radius 1 is 1.43 bits per heavy atom. The van der Waals surface area contributed by atoms with E-state index in [9.17, 15) is 4.79 Å². The van der Waals surface area contributed by atoms with Crippen molar-refractivity contribution >= 4 is 11.6 Å². The van der Waals surface area contributed by atoms with E-state index >= 15 is 0 Å². The van der Waals surface area contributed by atoms with Crippen LogP contribution in [0.3, 0.4) is 0 Å². The number of carbonyl (C=O) groups is 1. The molecule has 0 aromatic carbocycles. The standard InChI is InChI=1S/C9H14N4O/c1-6-11-4-7(5-12-6)13-8(14)9(2,3)10/h4-5H,10H2,1-3H3,(H,13,14). The minimum absolute atomic E-state index is 0.259. The van der Waals surface area contributed by atoms with Crippen molar-refractivity contribution in [3.05, 3.63) is 18.2 Å². The van der Waals surface area contributed by atoms with Crippen LogP contribution >= 0.6 is 0 Å². The highest BCUT2D eigenvalue weighted by Crippen LogP contribution is 2.06. The molecule has 0 saturated carbocycles. The van der Waals surface area contributed by atoms with Gasteiger partial charge in [0.1, 0.15) is 5.82 Å². The zero-order valence-electron chi connectivity index (χ0n) is 8.53. The Morgan fingerprint density at radius 2 is 1.93 bits per heavy atom. The summed E-state index contributed by atoms with van der Waals surface area (Å²) in [6, 6.07) is 0. The number of rotatable bonds is 2. The van der Waals surface area contributed by atoms with Crippen molar-refractivity contribution in [2.24, 2.45) is 5.73 Å². The van der Waals surface area contributed by atoms with Crippen molar-refractivity contribution in [3.8, 4) is 0 Å². The molecule has 0 atom stereocenters. The SMILES string of the molecule is Cc1ncc(NC(=O)C(C)(C)N)cn1. The van der Waals surface area contributed by atoms with Crippen LogP contribution in [-0.4, -0.2) is 21.4 Å². The van der Waals surface area contributed by atoms with E-state index in [-0.39, 0.29) is 5.91 Å². The summed E-state index contributed by atoms with van der Waals surface area (Å²) in [7, 11) is 0. The highest BCUT2D eigenvalue weighted by molar-refractivity contribution is 5.96. The summed E-state index contributed by atoms with van der Waals surface area (Å²) in [5.74, 6) is 0.403. The molecule has 76 valence electrons. The topological polar surface area (TPSA) is 80.9 Å². The third-order valence-electron chi connectivity index (χ3n) is 1.62. The first-order valence-electron chi connectivity index (χ1n) is 4.28. The molecule has 0 aliphatic rings. The Bertz CT molecular complexity index is 326. The first-order chi connectivity index (χ1) is 6.39. The average Bonchev–Trinajstić information content (AvgIpc) is 2.07. The van der Waals surface area contributed by atoms with E-state index in [1.807, 2.05) is 0 Å². The van der Waals surface area contributed by atoms with Crippen LogP contribution in [-0.2, 0) is 4.79 Å². The molecule has 0 unspecified atom stereocenters. The Labute approximate surface area is 82.7 Å². The Hall–Kier alpha value is -1.49. The van der Waals surface area contributed by atoms with E-state index in [4.69, 9.17) is 5.73 Å². The molecule has 0 fully saturated rings. The van der Waals surface area contributed by atoms with Crippen molar-refractivity contribution in [1.82, 2.24) is 9.97 Å². The first kappa shape index (κ1) is 10.6. The lowest BCUT2D eigenvalue weighted by Gasteiger charge is -2.17. The average molecular weight is 194 g/mol. The molecule has 14 heavy (non-hydrogen) atoms. The third kappa shape index (κ3) is 2.77. The van der Waals surface area contributed by atoms with Gasteiger partial charge in [-0.2, -0.15) is 0 Å². The quantitative estimate of drug-likeness (QED) is 0.716. The van der Waals surface area contributed by atoms with Gasteiger partial charge in [0.15, 0.2) is 0 Å². The molecule has 5 heteroatoms. The molecule has 0 bridgehead atoms. The van der Waals surface area contributed by atoms with Gasteiger partial charge in [0.25, 0.3) is 0 Å². The lowest BCUT2D eigenvalue weighted by atomic mass is 10.1. The van der Waals surface area contributed by atoms with Crippen LogP contribution in [0.2, 0.25) is 0 Å². The van der Waals surface area contributed by atoms with Gasteiger partial charge < -0.3 is 11.1 Å². The number of anilines is 1. The van der Waals surface area contributed by atoms with Crippen molar-refractivity contribution in [3.63, 3.8) is 0 Å². The van der Waals surface area contributed by atoms with Crippen LogP contribution in [0, 0.1) is 6.92 Å². The van der Waals surface area contributed by atoms with Crippen LogP contribution in [0.15, 0.2) is 12.4 Å². The van der Waals surface area contributed by atoms with Gasteiger partial charge in [-0.3, -0.25) is 4.79 Å². The van der Waals surface area contributed by atoms with Gasteiger partial charge in [0.2, 0.25) is 5.91 Å². The van der Waals surface area contributed by atoms with E-state index in [1.54, 1.807) is 33.2 Å². The smallest absolute Gasteiger partial charge is 0.243 e. The van der Waals surface area contributed by atoms with Gasteiger partial charge in [-0.05, 0) is 20.8 Å². The highest BCUT2D eigenvalue weighted by atomic mass is 16.2. The number of aromatic nitrogens is 2. The summed E-state index contributed by atoms with van der Waals surface area (Å²) in [6.45, 7) is 5.05. The van der Waals surface area contributed by atoms with Crippen LogP contribution in [0.25, 0.3) is 0 Å². The van der Waals surface area contributed by atoms with Gasteiger partial charge >= 0.3 is 0 Å². The maximum atomic E-state index is 11.4.